The van der Waals surface area contributed by atoms with Crippen molar-refractivity contribution < 1.29 is 13.3 Å². The molecule has 0 saturated carbocycles. The first-order chi connectivity index (χ1) is 9.81. The lowest BCUT2D eigenvalue weighted by Gasteiger charge is -2.32. The van der Waals surface area contributed by atoms with Crippen molar-refractivity contribution in [1.82, 2.24) is 9.62 Å². The quantitative estimate of drug-likeness (QED) is 0.612. The van der Waals surface area contributed by atoms with Crippen molar-refractivity contribution in [3.63, 3.8) is 0 Å². The first-order valence-corrected chi connectivity index (χ1v) is 8.85. The van der Waals surface area contributed by atoms with E-state index in [9.17, 15) is 18.5 Å². The molecule has 2 heterocycles. The normalized spacial score (nSPS) is 20.5. The molecule has 1 aliphatic rings. The van der Waals surface area contributed by atoms with Crippen LogP contribution in [0.25, 0.3) is 0 Å². The minimum absolute atomic E-state index is 0.102. The van der Waals surface area contributed by atoms with E-state index in [0.29, 0.717) is 17.9 Å². The van der Waals surface area contributed by atoms with Gasteiger partial charge in [0.25, 0.3) is 0 Å². The Morgan fingerprint density at radius 1 is 1.57 bits per heavy atom. The molecule has 0 amide bonds. The van der Waals surface area contributed by atoms with E-state index in [2.05, 4.69) is 9.62 Å². The molecular weight excluding hydrogens is 316 g/mol. The van der Waals surface area contributed by atoms with Crippen LogP contribution in [-0.2, 0) is 10.0 Å². The molecule has 1 aliphatic heterocycles. The second kappa shape index (κ2) is 6.26. The van der Waals surface area contributed by atoms with Crippen LogP contribution < -0.4 is 10.5 Å². The number of piperidine rings is 1. The second-order valence-corrected chi connectivity index (χ2v) is 8.13. The largest absolute Gasteiger partial charge is 0.385 e. The molecule has 0 radical (unpaired) electrons. The highest BCUT2D eigenvalue weighted by Crippen LogP contribution is 2.34. The van der Waals surface area contributed by atoms with Gasteiger partial charge in [0.05, 0.1) is 4.92 Å². The Morgan fingerprint density at radius 3 is 2.86 bits per heavy atom. The summed E-state index contributed by atoms with van der Waals surface area (Å²) in [6, 6.07) is 1.16. The summed E-state index contributed by atoms with van der Waals surface area (Å²) in [7, 11) is -1.80. The first-order valence-electron chi connectivity index (χ1n) is 6.55. The van der Waals surface area contributed by atoms with Gasteiger partial charge in [-0.05, 0) is 26.4 Å². The number of nitrogens with two attached hydrogens (primary N) is 1. The zero-order chi connectivity index (χ0) is 15.6. The Hall–Kier alpha value is -1.23. The molecule has 1 aromatic rings. The van der Waals surface area contributed by atoms with Crippen molar-refractivity contribution in [2.24, 2.45) is 0 Å². The number of thiophene rings is 1. The number of likely N-dealkylation sites (tertiary alicyclic amines) is 1. The predicted octanol–water partition coefficient (Wildman–Crippen LogP) is 1.00. The maximum Gasteiger partial charge on any atom is 0.304 e. The lowest BCUT2D eigenvalue weighted by molar-refractivity contribution is -0.383. The number of hydrogen-bond donors (Lipinski definition) is 2. The molecule has 0 spiro atoms. The van der Waals surface area contributed by atoms with Gasteiger partial charge >= 0.3 is 5.69 Å². The summed E-state index contributed by atoms with van der Waals surface area (Å²) < 4.78 is 26.7. The van der Waals surface area contributed by atoms with Gasteiger partial charge in [-0.3, -0.25) is 10.1 Å². The molecule has 1 fully saturated rings. The highest BCUT2D eigenvalue weighted by atomic mass is 32.2. The van der Waals surface area contributed by atoms with Gasteiger partial charge in [-0.15, -0.1) is 0 Å². The molecule has 0 aliphatic carbocycles. The summed E-state index contributed by atoms with van der Waals surface area (Å²) >= 11 is 0.709. The van der Waals surface area contributed by atoms with Crippen LogP contribution in [0.5, 0.6) is 0 Å². The Labute approximate surface area is 127 Å². The summed E-state index contributed by atoms with van der Waals surface area (Å²) in [5.41, 5.74) is 5.11. The minimum atomic E-state index is -3.76. The monoisotopic (exact) mass is 334 g/mol. The van der Waals surface area contributed by atoms with Gasteiger partial charge in [0.1, 0.15) is 4.21 Å². The molecule has 21 heavy (non-hydrogen) atoms. The molecule has 1 unspecified atom stereocenters. The Kier molecular flexibility index (Phi) is 4.81. The molecule has 3 N–H and O–H groups in total. The number of hydrogen-bond acceptors (Lipinski definition) is 7. The lowest BCUT2D eigenvalue weighted by atomic mass is 10.0. The Morgan fingerprint density at radius 2 is 2.29 bits per heavy atom. The van der Waals surface area contributed by atoms with Crippen LogP contribution in [0.1, 0.15) is 19.3 Å². The number of nitrogens with one attached hydrogen (secondary N) is 1. The van der Waals surface area contributed by atoms with Crippen molar-refractivity contribution >= 4 is 32.0 Å². The predicted molar refractivity (Wildman–Crippen MR) is 80.8 cm³/mol. The van der Waals surface area contributed by atoms with Crippen LogP contribution >= 0.6 is 11.3 Å². The number of nitro groups is 1. The lowest BCUT2D eigenvalue weighted by Crippen LogP contribution is -2.44. The van der Waals surface area contributed by atoms with Gasteiger partial charge in [0.2, 0.25) is 10.0 Å². The molecule has 2 rings (SSSR count). The third-order valence-corrected chi connectivity index (χ3v) is 6.46. The van der Waals surface area contributed by atoms with E-state index in [-0.39, 0.29) is 20.9 Å². The molecule has 10 heteroatoms. The van der Waals surface area contributed by atoms with Crippen molar-refractivity contribution in [2.75, 3.05) is 25.9 Å². The fourth-order valence-electron chi connectivity index (χ4n) is 2.33. The summed E-state index contributed by atoms with van der Waals surface area (Å²) in [4.78, 5) is 12.2. The highest BCUT2D eigenvalue weighted by Gasteiger charge is 2.26. The van der Waals surface area contributed by atoms with Gasteiger partial charge in [-0.25, -0.2) is 13.1 Å². The van der Waals surface area contributed by atoms with E-state index in [4.69, 9.17) is 5.73 Å². The van der Waals surface area contributed by atoms with Crippen molar-refractivity contribution in [3.05, 3.63) is 16.2 Å². The number of likely N-dealkylation sites (N-methyl/N-ethyl adjacent to an activating group) is 1. The van der Waals surface area contributed by atoms with Gasteiger partial charge in [-0.1, -0.05) is 17.8 Å². The Bertz CT molecular complexity index is 628. The highest BCUT2D eigenvalue weighted by molar-refractivity contribution is 7.91. The van der Waals surface area contributed by atoms with Crippen LogP contribution in [0.4, 0.5) is 10.7 Å². The van der Waals surface area contributed by atoms with Crippen molar-refractivity contribution in [1.29, 1.82) is 0 Å². The maximum atomic E-state index is 12.2. The topological polar surface area (TPSA) is 119 Å². The molecule has 1 atom stereocenters. The van der Waals surface area contributed by atoms with Crippen LogP contribution in [0.3, 0.4) is 0 Å². The molecule has 0 bridgehead atoms. The van der Waals surface area contributed by atoms with E-state index in [0.717, 1.165) is 31.9 Å². The van der Waals surface area contributed by atoms with E-state index >= 15 is 0 Å². The van der Waals surface area contributed by atoms with Gasteiger partial charge in [-0.2, -0.15) is 0 Å². The van der Waals surface area contributed by atoms with Gasteiger partial charge in [0.15, 0.2) is 5.00 Å². The van der Waals surface area contributed by atoms with Crippen LogP contribution in [0.2, 0.25) is 0 Å². The average Bonchev–Trinajstić information content (AvgIpc) is 2.81. The van der Waals surface area contributed by atoms with E-state index in [1.165, 1.54) is 0 Å². The first kappa shape index (κ1) is 16.1. The standard InChI is InChI=1S/C11H18N4O4S2/c1-14-5-3-2-4-8(14)7-13-21(18,19)10-6-9(15(16)17)11(12)20-10/h6,8,13H,2-5,7,12H2,1H3. The molecule has 0 aromatic carbocycles. The van der Waals surface area contributed by atoms with E-state index in [1.807, 2.05) is 7.05 Å². The number of anilines is 1. The summed E-state index contributed by atoms with van der Waals surface area (Å²) in [5, 5.41) is 10.6. The van der Waals surface area contributed by atoms with Crippen molar-refractivity contribution in [2.45, 2.75) is 29.5 Å². The molecule has 118 valence electrons. The summed E-state index contributed by atoms with van der Waals surface area (Å²) in [6.07, 6.45) is 3.13. The number of rotatable bonds is 5. The van der Waals surface area contributed by atoms with Crippen LogP contribution in [0.15, 0.2) is 10.3 Å². The number of nitrogen functional groups attached to an aromatic ring is 1. The molecular formula is C11H18N4O4S2. The number of sulfonamides is 1. The molecule has 8 nitrogen and oxygen atoms in total. The van der Waals surface area contributed by atoms with Gasteiger partial charge < -0.3 is 10.6 Å². The van der Waals surface area contributed by atoms with Crippen LogP contribution in [0, 0.1) is 10.1 Å². The zero-order valence-corrected chi connectivity index (χ0v) is 13.2. The van der Waals surface area contributed by atoms with Crippen LogP contribution in [-0.4, -0.2) is 44.4 Å². The summed E-state index contributed by atoms with van der Waals surface area (Å²) in [5.74, 6) is 0. The minimum Gasteiger partial charge on any atom is -0.385 e. The fraction of sp³-hybridized carbons (Fsp3) is 0.636. The van der Waals surface area contributed by atoms with E-state index < -0.39 is 14.9 Å². The smallest absolute Gasteiger partial charge is 0.304 e. The third kappa shape index (κ3) is 3.70. The fourth-order valence-corrected chi connectivity index (χ4v) is 4.66. The summed E-state index contributed by atoms with van der Waals surface area (Å²) in [6.45, 7) is 1.24. The van der Waals surface area contributed by atoms with Gasteiger partial charge in [0, 0.05) is 18.7 Å². The zero-order valence-electron chi connectivity index (χ0n) is 11.6. The van der Waals surface area contributed by atoms with Crippen molar-refractivity contribution in [3.8, 4) is 0 Å². The second-order valence-electron chi connectivity index (χ2n) is 5.05. The third-order valence-electron chi connectivity index (χ3n) is 3.61. The Balaban J connectivity index is 2.08. The number of nitrogens with zero attached hydrogens (tertiary/aromatic N) is 2. The molecule has 1 aromatic heterocycles. The average molecular weight is 334 g/mol. The SMILES string of the molecule is CN1CCCCC1CNS(=O)(=O)c1cc([N+](=O)[O-])c(N)s1. The maximum absolute atomic E-state index is 12.2. The molecule has 1 saturated heterocycles. The van der Waals surface area contributed by atoms with E-state index in [1.54, 1.807) is 0 Å².